The van der Waals surface area contributed by atoms with Gasteiger partial charge in [-0.3, -0.25) is 15.2 Å². The van der Waals surface area contributed by atoms with E-state index in [0.717, 1.165) is 18.2 Å². The molecule has 1 aliphatic heterocycles. The minimum Gasteiger partial charge on any atom is -0.376 e. The van der Waals surface area contributed by atoms with Crippen molar-refractivity contribution in [1.29, 1.82) is 0 Å². The number of alkyl halides is 6. The summed E-state index contributed by atoms with van der Waals surface area (Å²) in [6.45, 7) is -2.26. The number of nitrogens with zero attached hydrogens (tertiary/aromatic N) is 2. The van der Waals surface area contributed by atoms with Gasteiger partial charge in [-0.25, -0.2) is 5.01 Å². The number of amidine groups is 1. The molecule has 0 bridgehead atoms. The first-order valence-corrected chi connectivity index (χ1v) is 7.99. The van der Waals surface area contributed by atoms with Crippen LogP contribution in [0.1, 0.15) is 5.56 Å². The summed E-state index contributed by atoms with van der Waals surface area (Å²) >= 11 is 0. The van der Waals surface area contributed by atoms with E-state index in [-0.39, 0.29) is 16.4 Å². The molecule has 14 heteroatoms. The van der Waals surface area contributed by atoms with Crippen LogP contribution >= 0.6 is 0 Å². The summed E-state index contributed by atoms with van der Waals surface area (Å²) in [6, 6.07) is 4.04. The number of hydrazine groups is 1. The smallest absolute Gasteiger partial charge is 0.376 e. The highest BCUT2D eigenvalue weighted by Crippen LogP contribution is 2.27. The number of benzene rings is 1. The summed E-state index contributed by atoms with van der Waals surface area (Å²) in [5, 5.41) is 0.238. The summed E-state index contributed by atoms with van der Waals surface area (Å²) in [4.78, 5) is 15.1. The van der Waals surface area contributed by atoms with Crippen molar-refractivity contribution in [3.63, 3.8) is 0 Å². The SMILES string of the molecule is O=C1CN=C(c2cccc(OS(=O)(=O)C(F)(F)F)c2)NN1CC(F)(F)F. The van der Waals surface area contributed by atoms with Crippen molar-refractivity contribution in [2.45, 2.75) is 11.7 Å². The van der Waals surface area contributed by atoms with Gasteiger partial charge in [-0.05, 0) is 12.1 Å². The minimum atomic E-state index is -5.92. The molecule has 0 spiro atoms. The molecule has 0 fully saturated rings. The highest BCUT2D eigenvalue weighted by atomic mass is 32.2. The molecular weight excluding hydrogens is 396 g/mol. The lowest BCUT2D eigenvalue weighted by Gasteiger charge is -2.29. The molecule has 0 saturated heterocycles. The predicted octanol–water partition coefficient (Wildman–Crippen LogP) is 1.57. The standard InChI is InChI=1S/C12H9F6N3O4S/c13-11(14,15)6-21-9(22)5-19-10(20-21)7-2-1-3-8(4-7)25-26(23,24)12(16,17)18/h1-4H,5-6H2,(H,19,20). The van der Waals surface area contributed by atoms with Gasteiger partial charge in [-0.15, -0.1) is 0 Å². The zero-order chi connectivity index (χ0) is 19.8. The van der Waals surface area contributed by atoms with Gasteiger partial charge in [0.1, 0.15) is 24.7 Å². The van der Waals surface area contributed by atoms with Crippen LogP contribution in [0, 0.1) is 0 Å². The quantitative estimate of drug-likeness (QED) is 0.467. The number of carbonyl (C=O) groups is 1. The van der Waals surface area contributed by atoms with Gasteiger partial charge in [0.15, 0.2) is 0 Å². The Balaban J connectivity index is 2.24. The number of carbonyl (C=O) groups excluding carboxylic acids is 1. The Morgan fingerprint density at radius 2 is 1.85 bits per heavy atom. The van der Waals surface area contributed by atoms with Crippen molar-refractivity contribution in [2.24, 2.45) is 4.99 Å². The number of rotatable bonds is 4. The van der Waals surface area contributed by atoms with E-state index >= 15 is 0 Å². The van der Waals surface area contributed by atoms with Crippen molar-refractivity contribution < 1.29 is 43.7 Å². The van der Waals surface area contributed by atoms with E-state index in [2.05, 4.69) is 14.6 Å². The molecular formula is C12H9F6N3O4S. The maximum Gasteiger partial charge on any atom is 0.534 e. The van der Waals surface area contributed by atoms with Gasteiger partial charge in [0, 0.05) is 5.56 Å². The van der Waals surface area contributed by atoms with Gasteiger partial charge in [-0.1, -0.05) is 12.1 Å². The molecule has 1 aromatic carbocycles. The number of halogens is 6. The second-order valence-electron chi connectivity index (χ2n) is 4.88. The average Bonchev–Trinajstić information content (AvgIpc) is 2.47. The minimum absolute atomic E-state index is 0.0838. The molecule has 0 saturated carbocycles. The molecule has 0 atom stereocenters. The summed E-state index contributed by atoms with van der Waals surface area (Å²) in [7, 11) is -5.92. The Kier molecular flexibility index (Phi) is 5.07. The van der Waals surface area contributed by atoms with Crippen LogP contribution in [-0.2, 0) is 14.9 Å². The molecule has 2 rings (SSSR count). The van der Waals surface area contributed by atoms with E-state index in [1.165, 1.54) is 6.07 Å². The zero-order valence-corrected chi connectivity index (χ0v) is 13.2. The summed E-state index contributed by atoms with van der Waals surface area (Å²) < 4.78 is 100. The fourth-order valence-electron chi connectivity index (χ4n) is 1.79. The lowest BCUT2D eigenvalue weighted by molar-refractivity contribution is -0.164. The van der Waals surface area contributed by atoms with E-state index in [0.29, 0.717) is 0 Å². The van der Waals surface area contributed by atoms with E-state index in [9.17, 15) is 39.6 Å². The highest BCUT2D eigenvalue weighted by molar-refractivity contribution is 7.88. The fourth-order valence-corrected chi connectivity index (χ4v) is 2.24. The Bertz CT molecular complexity index is 834. The molecule has 0 unspecified atom stereocenters. The monoisotopic (exact) mass is 405 g/mol. The summed E-state index contributed by atoms with van der Waals surface area (Å²) in [5.74, 6) is -1.98. The number of nitrogens with one attached hydrogen (secondary N) is 1. The van der Waals surface area contributed by atoms with Crippen molar-refractivity contribution in [3.05, 3.63) is 29.8 Å². The molecule has 0 aromatic heterocycles. The van der Waals surface area contributed by atoms with Gasteiger partial charge in [0.05, 0.1) is 0 Å². The normalized spacial score (nSPS) is 16.2. The van der Waals surface area contributed by atoms with Gasteiger partial charge in [0.2, 0.25) is 0 Å². The number of hydrogen-bond donors (Lipinski definition) is 1. The van der Waals surface area contributed by atoms with Crippen LogP contribution in [-0.4, -0.2) is 49.9 Å². The second kappa shape index (κ2) is 6.66. The van der Waals surface area contributed by atoms with Crippen LogP contribution < -0.4 is 9.61 Å². The van der Waals surface area contributed by atoms with Gasteiger partial charge >= 0.3 is 21.8 Å². The van der Waals surface area contributed by atoms with Crippen molar-refractivity contribution in [3.8, 4) is 5.75 Å². The van der Waals surface area contributed by atoms with Crippen LogP contribution in [0.15, 0.2) is 29.3 Å². The van der Waals surface area contributed by atoms with Gasteiger partial charge in [-0.2, -0.15) is 34.8 Å². The maximum absolute atomic E-state index is 12.4. The van der Waals surface area contributed by atoms with Crippen LogP contribution in [0.5, 0.6) is 5.75 Å². The highest BCUT2D eigenvalue weighted by Gasteiger charge is 2.48. The molecule has 1 N–H and O–H groups in total. The number of hydrogen-bond acceptors (Lipinski definition) is 6. The first-order chi connectivity index (χ1) is 11.8. The van der Waals surface area contributed by atoms with Crippen molar-refractivity contribution >= 4 is 21.9 Å². The predicted molar refractivity (Wildman–Crippen MR) is 74.4 cm³/mol. The molecule has 0 radical (unpaired) electrons. The van der Waals surface area contributed by atoms with E-state index in [1.54, 1.807) is 0 Å². The Hall–Kier alpha value is -2.51. The zero-order valence-electron chi connectivity index (χ0n) is 12.4. The third-order valence-corrected chi connectivity index (χ3v) is 3.83. The molecule has 144 valence electrons. The van der Waals surface area contributed by atoms with Crippen molar-refractivity contribution in [2.75, 3.05) is 13.1 Å². The maximum atomic E-state index is 12.4. The third kappa shape index (κ3) is 4.77. The summed E-state index contributed by atoms with van der Waals surface area (Å²) in [6.07, 6.45) is -4.70. The molecule has 0 aliphatic carbocycles. The van der Waals surface area contributed by atoms with E-state index in [1.807, 2.05) is 0 Å². The number of aliphatic imine (C=N–C) groups is 1. The van der Waals surface area contributed by atoms with E-state index in [4.69, 9.17) is 0 Å². The van der Waals surface area contributed by atoms with Crippen LogP contribution in [0.4, 0.5) is 26.3 Å². The van der Waals surface area contributed by atoms with Crippen LogP contribution in [0.25, 0.3) is 0 Å². The third-order valence-electron chi connectivity index (χ3n) is 2.85. The Morgan fingerprint density at radius 3 is 2.42 bits per heavy atom. The van der Waals surface area contributed by atoms with Crippen LogP contribution in [0.2, 0.25) is 0 Å². The number of amides is 1. The Labute approximate surface area is 142 Å². The lowest BCUT2D eigenvalue weighted by atomic mass is 10.2. The average molecular weight is 405 g/mol. The largest absolute Gasteiger partial charge is 0.534 e. The molecule has 7 nitrogen and oxygen atoms in total. The molecule has 1 aliphatic rings. The van der Waals surface area contributed by atoms with Crippen LogP contribution in [0.3, 0.4) is 0 Å². The fraction of sp³-hybridized carbons (Fsp3) is 0.333. The van der Waals surface area contributed by atoms with Gasteiger partial charge < -0.3 is 4.18 Å². The van der Waals surface area contributed by atoms with Gasteiger partial charge in [0.25, 0.3) is 5.91 Å². The van der Waals surface area contributed by atoms with E-state index < -0.39 is 46.5 Å². The first-order valence-electron chi connectivity index (χ1n) is 6.58. The Morgan fingerprint density at radius 1 is 1.19 bits per heavy atom. The van der Waals surface area contributed by atoms with Crippen molar-refractivity contribution in [1.82, 2.24) is 10.4 Å². The summed E-state index contributed by atoms with van der Waals surface area (Å²) in [5.41, 5.74) is -3.65. The molecule has 1 aromatic rings. The second-order valence-corrected chi connectivity index (χ2v) is 6.42. The molecule has 1 heterocycles. The topological polar surface area (TPSA) is 88.1 Å². The lowest BCUT2D eigenvalue weighted by Crippen LogP contribution is -2.54. The molecule has 1 amide bonds. The first kappa shape index (κ1) is 19.8. The molecule has 26 heavy (non-hydrogen) atoms.